The molecule has 0 bridgehead atoms. The highest BCUT2D eigenvalue weighted by Crippen LogP contribution is 2.16. The van der Waals surface area contributed by atoms with Crippen molar-refractivity contribution in [1.29, 1.82) is 0 Å². The Morgan fingerprint density at radius 1 is 1.40 bits per heavy atom. The summed E-state index contributed by atoms with van der Waals surface area (Å²) >= 11 is 0. The van der Waals surface area contributed by atoms with Crippen molar-refractivity contribution in [2.75, 3.05) is 20.1 Å². The third-order valence-corrected chi connectivity index (χ3v) is 2.76. The molecule has 15 heavy (non-hydrogen) atoms. The average Bonchev–Trinajstić information content (AvgIpc) is 2.84. The van der Waals surface area contributed by atoms with Crippen molar-refractivity contribution >= 4 is 16.7 Å². The minimum Gasteiger partial charge on any atom is -0.358 e. The number of nitrogens with one attached hydrogen (secondary N) is 1. The average molecular weight is 200 g/mol. The predicted molar refractivity (Wildman–Crippen MR) is 60.1 cm³/mol. The largest absolute Gasteiger partial charge is 0.358 e. The highest BCUT2D eigenvalue weighted by atomic mass is 15.2. The Balaban J connectivity index is 2.11. The Bertz CT molecular complexity index is 526. The maximum atomic E-state index is 4.49. The van der Waals surface area contributed by atoms with Crippen molar-refractivity contribution in [3.05, 3.63) is 30.0 Å². The van der Waals surface area contributed by atoms with Crippen molar-refractivity contribution in [3.8, 4) is 0 Å². The molecule has 0 fully saturated rings. The minimum absolute atomic E-state index is 0.896. The van der Waals surface area contributed by atoms with E-state index in [1.54, 1.807) is 0 Å². The Hall–Kier alpha value is -1.84. The van der Waals surface area contributed by atoms with Crippen LogP contribution in [-0.4, -0.2) is 41.1 Å². The molecule has 0 amide bonds. The van der Waals surface area contributed by atoms with Gasteiger partial charge < -0.3 is 4.90 Å². The first-order valence-electron chi connectivity index (χ1n) is 5.04. The number of hydrogen-bond donors (Lipinski definition) is 1. The van der Waals surface area contributed by atoms with Gasteiger partial charge in [0, 0.05) is 24.5 Å². The smallest absolute Gasteiger partial charge is 0.130 e. The maximum Gasteiger partial charge on any atom is 0.130 e. The number of likely N-dealkylation sites (N-methyl/N-ethyl adjacent to an activating group) is 1. The number of aromatic nitrogens is 2. The van der Waals surface area contributed by atoms with Crippen molar-refractivity contribution in [3.63, 3.8) is 0 Å². The molecule has 2 heterocycles. The quantitative estimate of drug-likeness (QED) is 0.753. The molecule has 0 saturated heterocycles. The number of aromatic amines is 1. The zero-order valence-corrected chi connectivity index (χ0v) is 8.57. The fourth-order valence-electron chi connectivity index (χ4n) is 1.92. The van der Waals surface area contributed by atoms with Crippen molar-refractivity contribution in [1.82, 2.24) is 15.1 Å². The van der Waals surface area contributed by atoms with Gasteiger partial charge in [0.05, 0.1) is 18.3 Å². The molecule has 76 valence electrons. The van der Waals surface area contributed by atoms with E-state index in [0.717, 1.165) is 35.4 Å². The van der Waals surface area contributed by atoms with Crippen molar-refractivity contribution in [2.24, 2.45) is 4.99 Å². The fraction of sp³-hybridized carbons (Fsp3) is 0.273. The van der Waals surface area contributed by atoms with Crippen molar-refractivity contribution < 1.29 is 0 Å². The molecule has 4 nitrogen and oxygen atoms in total. The molecular weight excluding hydrogens is 188 g/mol. The Morgan fingerprint density at radius 2 is 2.33 bits per heavy atom. The zero-order chi connectivity index (χ0) is 10.3. The number of fused-ring (bicyclic) bond motifs is 1. The highest BCUT2D eigenvalue weighted by molar-refractivity contribution is 6.02. The summed E-state index contributed by atoms with van der Waals surface area (Å²) in [7, 11) is 2.07. The van der Waals surface area contributed by atoms with E-state index in [4.69, 9.17) is 0 Å². The minimum atomic E-state index is 0.896. The van der Waals surface area contributed by atoms with E-state index in [-0.39, 0.29) is 0 Å². The third-order valence-electron chi connectivity index (χ3n) is 2.76. The van der Waals surface area contributed by atoms with Gasteiger partial charge in [0.2, 0.25) is 0 Å². The summed E-state index contributed by atoms with van der Waals surface area (Å²) in [6, 6.07) is 6.27. The van der Waals surface area contributed by atoms with E-state index in [9.17, 15) is 0 Å². The van der Waals surface area contributed by atoms with Gasteiger partial charge in [-0.1, -0.05) is 12.1 Å². The monoisotopic (exact) mass is 200 g/mol. The second kappa shape index (κ2) is 3.08. The lowest BCUT2D eigenvalue weighted by Crippen LogP contribution is -2.23. The predicted octanol–water partition coefficient (Wildman–Crippen LogP) is 1.25. The van der Waals surface area contributed by atoms with Gasteiger partial charge in [0.1, 0.15) is 5.84 Å². The second-order valence-electron chi connectivity index (χ2n) is 3.80. The number of H-pyrrole nitrogens is 1. The van der Waals surface area contributed by atoms with E-state index in [1.807, 2.05) is 6.20 Å². The molecule has 0 saturated carbocycles. The van der Waals surface area contributed by atoms with Gasteiger partial charge in [-0.2, -0.15) is 5.10 Å². The molecule has 1 N–H and O–H groups in total. The van der Waals surface area contributed by atoms with Crippen LogP contribution in [0, 0.1) is 0 Å². The number of hydrogen-bond acceptors (Lipinski definition) is 3. The van der Waals surface area contributed by atoms with Crippen LogP contribution in [0.1, 0.15) is 5.56 Å². The molecule has 0 unspecified atom stereocenters. The maximum absolute atomic E-state index is 4.49. The lowest BCUT2D eigenvalue weighted by Gasteiger charge is -2.13. The van der Waals surface area contributed by atoms with Crippen LogP contribution in [0.25, 0.3) is 10.9 Å². The highest BCUT2D eigenvalue weighted by Gasteiger charge is 2.14. The molecule has 1 aromatic heterocycles. The Labute approximate surface area is 87.6 Å². The van der Waals surface area contributed by atoms with E-state index < -0.39 is 0 Å². The summed E-state index contributed by atoms with van der Waals surface area (Å²) in [5.74, 6) is 1.08. The number of nitrogens with zero attached hydrogens (tertiary/aromatic N) is 3. The first-order chi connectivity index (χ1) is 7.34. The molecule has 4 heteroatoms. The Kier molecular flexibility index (Phi) is 1.74. The van der Waals surface area contributed by atoms with E-state index in [1.165, 1.54) is 0 Å². The molecule has 0 aliphatic carbocycles. The van der Waals surface area contributed by atoms with Crippen LogP contribution >= 0.6 is 0 Å². The molecule has 1 aliphatic heterocycles. The van der Waals surface area contributed by atoms with Crippen LogP contribution in [0.2, 0.25) is 0 Å². The summed E-state index contributed by atoms with van der Waals surface area (Å²) in [6.07, 6.45) is 1.83. The first kappa shape index (κ1) is 8.47. The van der Waals surface area contributed by atoms with E-state index in [0.29, 0.717) is 0 Å². The van der Waals surface area contributed by atoms with E-state index in [2.05, 4.69) is 45.3 Å². The topological polar surface area (TPSA) is 44.3 Å². The fourth-order valence-corrected chi connectivity index (χ4v) is 1.92. The van der Waals surface area contributed by atoms with Crippen LogP contribution in [0.15, 0.2) is 29.4 Å². The van der Waals surface area contributed by atoms with Crippen LogP contribution in [-0.2, 0) is 0 Å². The molecule has 1 aromatic carbocycles. The lowest BCUT2D eigenvalue weighted by atomic mass is 10.1. The molecule has 0 spiro atoms. The SMILES string of the molecule is CN1CCN=C1c1ccc2cn[nH]c2c1. The first-order valence-corrected chi connectivity index (χ1v) is 5.04. The van der Waals surface area contributed by atoms with Gasteiger partial charge in [-0.05, 0) is 6.07 Å². The van der Waals surface area contributed by atoms with Crippen LogP contribution < -0.4 is 0 Å². The van der Waals surface area contributed by atoms with Crippen molar-refractivity contribution in [2.45, 2.75) is 0 Å². The van der Waals surface area contributed by atoms with Gasteiger partial charge in [-0.3, -0.25) is 10.1 Å². The third kappa shape index (κ3) is 1.29. The van der Waals surface area contributed by atoms with Crippen LogP contribution in [0.5, 0.6) is 0 Å². The molecule has 3 rings (SSSR count). The number of amidine groups is 1. The van der Waals surface area contributed by atoms with Crippen LogP contribution in [0.4, 0.5) is 0 Å². The Morgan fingerprint density at radius 3 is 3.13 bits per heavy atom. The summed E-state index contributed by atoms with van der Waals surface area (Å²) in [4.78, 5) is 6.66. The summed E-state index contributed by atoms with van der Waals surface area (Å²) in [5, 5.41) is 8.12. The molecule has 2 aromatic rings. The number of benzene rings is 1. The van der Waals surface area contributed by atoms with Gasteiger partial charge >= 0.3 is 0 Å². The zero-order valence-electron chi connectivity index (χ0n) is 8.57. The number of aliphatic imine (C=N–C) groups is 1. The standard InChI is InChI=1S/C11H12N4/c1-15-5-4-12-11(15)8-2-3-9-7-13-14-10(9)6-8/h2-3,6-7H,4-5H2,1H3,(H,13,14). The molecule has 0 radical (unpaired) electrons. The summed E-state index contributed by atoms with van der Waals surface area (Å²) in [6.45, 7) is 1.91. The van der Waals surface area contributed by atoms with Crippen LogP contribution in [0.3, 0.4) is 0 Å². The van der Waals surface area contributed by atoms with Gasteiger partial charge in [-0.25, -0.2) is 0 Å². The van der Waals surface area contributed by atoms with Gasteiger partial charge in [0.15, 0.2) is 0 Å². The second-order valence-corrected chi connectivity index (χ2v) is 3.80. The number of rotatable bonds is 1. The lowest BCUT2D eigenvalue weighted by molar-refractivity contribution is 0.557. The summed E-state index contributed by atoms with van der Waals surface area (Å²) < 4.78 is 0. The van der Waals surface area contributed by atoms with Gasteiger partial charge in [-0.15, -0.1) is 0 Å². The molecule has 0 atom stereocenters. The summed E-state index contributed by atoms with van der Waals surface area (Å²) in [5.41, 5.74) is 2.22. The molecular formula is C11H12N4. The normalized spacial score (nSPS) is 16.1. The molecule has 1 aliphatic rings. The van der Waals surface area contributed by atoms with Gasteiger partial charge in [0.25, 0.3) is 0 Å². The van der Waals surface area contributed by atoms with E-state index >= 15 is 0 Å².